The zero-order chi connectivity index (χ0) is 9.26. The molecule has 0 aromatic heterocycles. The third-order valence-electron chi connectivity index (χ3n) is 2.31. The predicted octanol–water partition coefficient (Wildman–Crippen LogP) is 2.98. The third kappa shape index (κ3) is 1.59. The zero-order valence-corrected chi connectivity index (χ0v) is 8.67. The first-order valence-electron chi connectivity index (χ1n) is 4.24. The molecule has 0 saturated carbocycles. The first-order chi connectivity index (χ1) is 6.31. The van der Waals surface area contributed by atoms with E-state index in [4.69, 9.17) is 0 Å². The summed E-state index contributed by atoms with van der Waals surface area (Å²) in [5.74, 6) is 0. The second-order valence-corrected chi connectivity index (χ2v) is 4.00. The summed E-state index contributed by atoms with van der Waals surface area (Å²) in [6, 6.07) is 6.08. The highest BCUT2D eigenvalue weighted by molar-refractivity contribution is 9.10. The first-order valence-corrected chi connectivity index (χ1v) is 5.03. The lowest BCUT2D eigenvalue weighted by molar-refractivity contribution is -0.105. The van der Waals surface area contributed by atoms with Crippen molar-refractivity contribution in [2.45, 2.75) is 12.8 Å². The molecule has 1 aliphatic rings. The molecule has 1 nitrogen and oxygen atoms in total. The van der Waals surface area contributed by atoms with E-state index in [1.807, 2.05) is 24.3 Å². The second kappa shape index (κ2) is 3.46. The summed E-state index contributed by atoms with van der Waals surface area (Å²) in [5.41, 5.74) is 3.38. The van der Waals surface area contributed by atoms with Crippen LogP contribution in [0.15, 0.2) is 28.2 Å². The fourth-order valence-electron chi connectivity index (χ4n) is 1.61. The normalized spacial score (nSPS) is 14.7. The van der Waals surface area contributed by atoms with Crippen LogP contribution in [0.5, 0.6) is 0 Å². The fraction of sp³-hybridized carbons (Fsp3) is 0.182. The molecule has 66 valence electrons. The Balaban J connectivity index is 2.53. The molecule has 0 fully saturated rings. The lowest BCUT2D eigenvalue weighted by atomic mass is 9.93. The molecule has 0 amide bonds. The molecule has 0 atom stereocenters. The number of carbonyl (C=O) groups excluding carboxylic acids is 1. The van der Waals surface area contributed by atoms with Crippen molar-refractivity contribution in [3.63, 3.8) is 0 Å². The molecule has 2 rings (SSSR count). The van der Waals surface area contributed by atoms with Crippen molar-refractivity contribution in [3.8, 4) is 0 Å². The van der Waals surface area contributed by atoms with E-state index in [-0.39, 0.29) is 0 Å². The Morgan fingerprint density at radius 1 is 1.31 bits per heavy atom. The molecule has 0 saturated heterocycles. The molecule has 13 heavy (non-hydrogen) atoms. The van der Waals surface area contributed by atoms with Gasteiger partial charge in [-0.05, 0) is 41.7 Å². The Bertz CT molecular complexity index is 380. The highest BCUT2D eigenvalue weighted by atomic mass is 79.9. The first kappa shape index (κ1) is 8.70. The van der Waals surface area contributed by atoms with Crippen molar-refractivity contribution in [2.75, 3.05) is 0 Å². The quantitative estimate of drug-likeness (QED) is 0.686. The van der Waals surface area contributed by atoms with Gasteiger partial charge >= 0.3 is 0 Å². The fourth-order valence-corrected chi connectivity index (χ4v) is 2.19. The lowest BCUT2D eigenvalue weighted by Crippen LogP contribution is -2.00. The molecular formula is C11H9BrO. The molecule has 0 radical (unpaired) electrons. The molecular weight excluding hydrogens is 228 g/mol. The van der Waals surface area contributed by atoms with E-state index in [0.717, 1.165) is 29.2 Å². The van der Waals surface area contributed by atoms with E-state index in [9.17, 15) is 4.79 Å². The van der Waals surface area contributed by atoms with E-state index in [1.165, 1.54) is 11.1 Å². The maximum absolute atomic E-state index is 10.6. The van der Waals surface area contributed by atoms with Gasteiger partial charge in [-0.25, -0.2) is 0 Å². The standard InChI is InChI=1S/C11H9BrO/c12-11-3-1-2-9-6-8(7-13)4-5-10(9)11/h1-3,6-7H,4-5H2. The van der Waals surface area contributed by atoms with Crippen molar-refractivity contribution in [1.82, 2.24) is 0 Å². The van der Waals surface area contributed by atoms with Gasteiger partial charge < -0.3 is 0 Å². The summed E-state index contributed by atoms with van der Waals surface area (Å²) < 4.78 is 1.14. The lowest BCUT2D eigenvalue weighted by Gasteiger charge is -2.14. The minimum Gasteiger partial charge on any atom is -0.298 e. The molecule has 0 bridgehead atoms. The number of halogens is 1. The van der Waals surface area contributed by atoms with Crippen molar-refractivity contribution >= 4 is 28.3 Å². The maximum atomic E-state index is 10.6. The number of benzene rings is 1. The maximum Gasteiger partial charge on any atom is 0.146 e. The van der Waals surface area contributed by atoms with E-state index >= 15 is 0 Å². The van der Waals surface area contributed by atoms with Gasteiger partial charge in [0.1, 0.15) is 6.29 Å². The molecule has 0 N–H and O–H groups in total. The van der Waals surface area contributed by atoms with E-state index in [0.29, 0.717) is 0 Å². The Hall–Kier alpha value is -0.890. The Morgan fingerprint density at radius 2 is 2.15 bits per heavy atom. The van der Waals surface area contributed by atoms with Crippen molar-refractivity contribution in [2.24, 2.45) is 0 Å². The largest absolute Gasteiger partial charge is 0.298 e. The topological polar surface area (TPSA) is 17.1 Å². The summed E-state index contributed by atoms with van der Waals surface area (Å²) in [7, 11) is 0. The minimum absolute atomic E-state index is 0.860. The van der Waals surface area contributed by atoms with Crippen LogP contribution in [-0.4, -0.2) is 6.29 Å². The van der Waals surface area contributed by atoms with E-state index in [1.54, 1.807) is 0 Å². The molecule has 1 aromatic rings. The zero-order valence-electron chi connectivity index (χ0n) is 7.09. The van der Waals surface area contributed by atoms with Crippen LogP contribution in [0.4, 0.5) is 0 Å². The van der Waals surface area contributed by atoms with E-state index in [2.05, 4.69) is 15.9 Å². The van der Waals surface area contributed by atoms with Gasteiger partial charge in [0.2, 0.25) is 0 Å². The van der Waals surface area contributed by atoms with Crippen LogP contribution in [0.1, 0.15) is 17.5 Å². The van der Waals surface area contributed by atoms with E-state index < -0.39 is 0 Å². The van der Waals surface area contributed by atoms with Gasteiger partial charge in [-0.15, -0.1) is 0 Å². The second-order valence-electron chi connectivity index (χ2n) is 3.14. The monoisotopic (exact) mass is 236 g/mol. The third-order valence-corrected chi connectivity index (χ3v) is 3.05. The van der Waals surface area contributed by atoms with Crippen LogP contribution >= 0.6 is 15.9 Å². The number of rotatable bonds is 1. The SMILES string of the molecule is O=CC1=Cc2cccc(Br)c2CC1. The Morgan fingerprint density at radius 3 is 2.92 bits per heavy atom. The van der Waals surface area contributed by atoms with Gasteiger partial charge in [-0.2, -0.15) is 0 Å². The van der Waals surface area contributed by atoms with Crippen molar-refractivity contribution < 1.29 is 4.79 Å². The van der Waals surface area contributed by atoms with Crippen LogP contribution in [0.2, 0.25) is 0 Å². The summed E-state index contributed by atoms with van der Waals surface area (Å²) in [5, 5.41) is 0. The van der Waals surface area contributed by atoms with Gasteiger partial charge in [-0.3, -0.25) is 4.79 Å². The number of hydrogen-bond acceptors (Lipinski definition) is 1. The molecule has 0 heterocycles. The summed E-state index contributed by atoms with van der Waals surface area (Å²) >= 11 is 3.51. The van der Waals surface area contributed by atoms with Gasteiger partial charge in [0, 0.05) is 4.47 Å². The van der Waals surface area contributed by atoms with Crippen molar-refractivity contribution in [3.05, 3.63) is 39.4 Å². The van der Waals surface area contributed by atoms with Gasteiger partial charge in [-0.1, -0.05) is 28.1 Å². The van der Waals surface area contributed by atoms with Crippen LogP contribution in [-0.2, 0) is 11.2 Å². The smallest absolute Gasteiger partial charge is 0.146 e. The van der Waals surface area contributed by atoms with Gasteiger partial charge in [0.15, 0.2) is 0 Å². The molecule has 0 unspecified atom stereocenters. The van der Waals surface area contributed by atoms with Crippen LogP contribution in [0.3, 0.4) is 0 Å². The Kier molecular flexibility index (Phi) is 2.32. The average Bonchev–Trinajstić information content (AvgIpc) is 2.18. The number of aldehydes is 1. The van der Waals surface area contributed by atoms with Gasteiger partial charge in [0.25, 0.3) is 0 Å². The highest BCUT2D eigenvalue weighted by Crippen LogP contribution is 2.28. The molecule has 1 aromatic carbocycles. The van der Waals surface area contributed by atoms with Crippen LogP contribution in [0.25, 0.3) is 6.08 Å². The number of fused-ring (bicyclic) bond motifs is 1. The Labute approximate surface area is 85.6 Å². The summed E-state index contributed by atoms with van der Waals surface area (Å²) in [6.45, 7) is 0. The molecule has 1 aliphatic carbocycles. The van der Waals surface area contributed by atoms with Crippen LogP contribution < -0.4 is 0 Å². The molecule has 0 aliphatic heterocycles. The predicted molar refractivity (Wildman–Crippen MR) is 56.5 cm³/mol. The number of hydrogen-bond donors (Lipinski definition) is 0. The van der Waals surface area contributed by atoms with Crippen molar-refractivity contribution in [1.29, 1.82) is 0 Å². The highest BCUT2D eigenvalue weighted by Gasteiger charge is 2.11. The van der Waals surface area contributed by atoms with Gasteiger partial charge in [0.05, 0.1) is 0 Å². The summed E-state index contributed by atoms with van der Waals surface area (Å²) in [4.78, 5) is 10.6. The van der Waals surface area contributed by atoms with Crippen LogP contribution in [0, 0.1) is 0 Å². The molecule has 2 heteroatoms. The minimum atomic E-state index is 0.860. The number of allylic oxidation sites excluding steroid dienone is 1. The number of carbonyl (C=O) groups is 1. The average molecular weight is 237 g/mol. The molecule has 0 spiro atoms. The summed E-state index contributed by atoms with van der Waals surface area (Å²) in [6.07, 6.45) is 4.74.